The number of hydrogen-bond donors (Lipinski definition) is 3. The highest BCUT2D eigenvalue weighted by Gasteiger charge is 2.29. The number of benzene rings is 1. The van der Waals surface area contributed by atoms with Crippen LogP contribution in [0.1, 0.15) is 37.0 Å². The maximum absolute atomic E-state index is 12.3. The van der Waals surface area contributed by atoms with Gasteiger partial charge in [-0.25, -0.2) is 4.79 Å². The number of hydrogen-bond acceptors (Lipinski definition) is 5. The number of esters is 1. The molecule has 3 amide bonds. The van der Waals surface area contributed by atoms with Gasteiger partial charge in [-0.05, 0) is 24.5 Å². The molecule has 0 radical (unpaired) electrons. The average molecular weight is 361 g/mol. The molecule has 0 unspecified atom stereocenters. The van der Waals surface area contributed by atoms with Gasteiger partial charge in [0.1, 0.15) is 12.1 Å². The van der Waals surface area contributed by atoms with Gasteiger partial charge in [-0.2, -0.15) is 0 Å². The van der Waals surface area contributed by atoms with Crippen molar-refractivity contribution in [2.75, 3.05) is 12.4 Å². The first-order chi connectivity index (χ1) is 12.3. The molecule has 0 fully saturated rings. The Bertz CT molecular complexity index is 717. The van der Waals surface area contributed by atoms with Crippen LogP contribution in [0.25, 0.3) is 0 Å². The molecule has 0 saturated heterocycles. The SMILES string of the molecule is COC(=O)[C@@H](NC(=O)CC[C@@H]1NC(=O)c2ccccc2NC1=O)C(C)C. The smallest absolute Gasteiger partial charge is 0.328 e. The Hall–Kier alpha value is -2.90. The molecule has 0 aliphatic carbocycles. The van der Waals surface area contributed by atoms with E-state index in [4.69, 9.17) is 0 Å². The zero-order valence-electron chi connectivity index (χ0n) is 15.0. The summed E-state index contributed by atoms with van der Waals surface area (Å²) in [5, 5.41) is 7.92. The van der Waals surface area contributed by atoms with Crippen molar-refractivity contribution in [1.82, 2.24) is 10.6 Å². The van der Waals surface area contributed by atoms with E-state index >= 15 is 0 Å². The molecule has 1 heterocycles. The van der Waals surface area contributed by atoms with E-state index < -0.39 is 24.0 Å². The second-order valence-corrected chi connectivity index (χ2v) is 6.41. The number of carbonyl (C=O) groups excluding carboxylic acids is 4. The van der Waals surface area contributed by atoms with Crippen molar-refractivity contribution in [2.45, 2.75) is 38.8 Å². The number of rotatable bonds is 6. The summed E-state index contributed by atoms with van der Waals surface area (Å²) >= 11 is 0. The van der Waals surface area contributed by atoms with Crippen LogP contribution in [0.4, 0.5) is 5.69 Å². The summed E-state index contributed by atoms with van der Waals surface area (Å²) in [5.74, 6) is -1.81. The van der Waals surface area contributed by atoms with Crippen molar-refractivity contribution in [3.05, 3.63) is 29.8 Å². The second kappa shape index (κ2) is 8.46. The molecule has 0 aromatic heterocycles. The van der Waals surface area contributed by atoms with Crippen LogP contribution in [0.3, 0.4) is 0 Å². The zero-order chi connectivity index (χ0) is 19.3. The fourth-order valence-corrected chi connectivity index (χ4v) is 2.66. The van der Waals surface area contributed by atoms with Crippen LogP contribution in [0.15, 0.2) is 24.3 Å². The minimum atomic E-state index is -0.837. The second-order valence-electron chi connectivity index (χ2n) is 6.41. The predicted molar refractivity (Wildman–Crippen MR) is 94.3 cm³/mol. The third kappa shape index (κ3) is 4.59. The minimum absolute atomic E-state index is 0.0189. The standard InChI is InChI=1S/C18H23N3O5/c1-10(2)15(18(25)26-3)21-14(22)9-8-13-17(24)19-12-7-5-4-6-11(12)16(23)20-13/h4-7,10,13,15H,8-9H2,1-3H3,(H,19,24)(H,20,23)(H,21,22)/t13-,15-/m0/s1. The number of nitrogens with one attached hydrogen (secondary N) is 3. The Morgan fingerprint density at radius 2 is 1.92 bits per heavy atom. The van der Waals surface area contributed by atoms with Crippen molar-refractivity contribution in [2.24, 2.45) is 5.92 Å². The van der Waals surface area contributed by atoms with Crippen LogP contribution < -0.4 is 16.0 Å². The van der Waals surface area contributed by atoms with Crippen molar-refractivity contribution >= 4 is 29.4 Å². The minimum Gasteiger partial charge on any atom is -0.467 e. The van der Waals surface area contributed by atoms with E-state index in [2.05, 4.69) is 20.7 Å². The molecule has 2 atom stereocenters. The predicted octanol–water partition coefficient (Wildman–Crippen LogP) is 0.831. The van der Waals surface area contributed by atoms with E-state index in [-0.39, 0.29) is 30.6 Å². The van der Waals surface area contributed by atoms with Gasteiger partial charge in [0, 0.05) is 6.42 Å². The number of fused-ring (bicyclic) bond motifs is 1. The summed E-state index contributed by atoms with van der Waals surface area (Å²) in [6.45, 7) is 3.58. The molecule has 0 saturated carbocycles. The number of para-hydroxylation sites is 1. The van der Waals surface area contributed by atoms with Crippen molar-refractivity contribution in [1.29, 1.82) is 0 Å². The quantitative estimate of drug-likeness (QED) is 0.650. The van der Waals surface area contributed by atoms with Gasteiger partial charge in [-0.3, -0.25) is 14.4 Å². The van der Waals surface area contributed by atoms with E-state index in [0.29, 0.717) is 11.3 Å². The van der Waals surface area contributed by atoms with Crippen LogP contribution in [0.5, 0.6) is 0 Å². The Kier molecular flexibility index (Phi) is 6.32. The largest absolute Gasteiger partial charge is 0.467 e. The van der Waals surface area contributed by atoms with Crippen LogP contribution in [0.2, 0.25) is 0 Å². The molecule has 26 heavy (non-hydrogen) atoms. The van der Waals surface area contributed by atoms with Gasteiger partial charge in [0.2, 0.25) is 11.8 Å². The van der Waals surface area contributed by atoms with Gasteiger partial charge in [-0.15, -0.1) is 0 Å². The van der Waals surface area contributed by atoms with E-state index in [0.717, 1.165) is 0 Å². The Balaban J connectivity index is 1.97. The zero-order valence-corrected chi connectivity index (χ0v) is 15.0. The maximum atomic E-state index is 12.3. The lowest BCUT2D eigenvalue weighted by Gasteiger charge is -2.20. The molecule has 0 spiro atoms. The summed E-state index contributed by atoms with van der Waals surface area (Å²) in [5.41, 5.74) is 0.811. The Labute approximate surface area is 151 Å². The molecule has 1 aliphatic heterocycles. The molecule has 1 aliphatic rings. The fraction of sp³-hybridized carbons (Fsp3) is 0.444. The number of amides is 3. The monoisotopic (exact) mass is 361 g/mol. The first-order valence-electron chi connectivity index (χ1n) is 8.41. The summed E-state index contributed by atoms with van der Waals surface area (Å²) in [4.78, 5) is 48.4. The molecular weight excluding hydrogens is 338 g/mol. The normalized spacial score (nSPS) is 17.5. The number of ether oxygens (including phenoxy) is 1. The van der Waals surface area contributed by atoms with Crippen molar-refractivity contribution in [3.8, 4) is 0 Å². The van der Waals surface area contributed by atoms with Gasteiger partial charge < -0.3 is 20.7 Å². The van der Waals surface area contributed by atoms with Crippen molar-refractivity contribution < 1.29 is 23.9 Å². The summed E-state index contributed by atoms with van der Waals surface area (Å²) < 4.78 is 4.68. The van der Waals surface area contributed by atoms with Gasteiger partial charge in [-0.1, -0.05) is 26.0 Å². The summed E-state index contributed by atoms with van der Waals surface area (Å²) in [6, 6.07) is 5.09. The number of anilines is 1. The molecule has 1 aromatic carbocycles. The van der Waals surface area contributed by atoms with Crippen molar-refractivity contribution in [3.63, 3.8) is 0 Å². The summed E-state index contributed by atoms with van der Waals surface area (Å²) in [6.07, 6.45) is 0.0955. The maximum Gasteiger partial charge on any atom is 0.328 e. The Morgan fingerprint density at radius 1 is 1.23 bits per heavy atom. The van der Waals surface area contributed by atoms with Gasteiger partial charge in [0.05, 0.1) is 18.4 Å². The van der Waals surface area contributed by atoms with E-state index in [9.17, 15) is 19.2 Å². The highest BCUT2D eigenvalue weighted by molar-refractivity contribution is 6.09. The number of methoxy groups -OCH3 is 1. The third-order valence-electron chi connectivity index (χ3n) is 4.15. The van der Waals surface area contributed by atoms with Crippen LogP contribution >= 0.6 is 0 Å². The lowest BCUT2D eigenvalue weighted by atomic mass is 10.0. The van der Waals surface area contributed by atoms with E-state index in [1.54, 1.807) is 38.1 Å². The molecule has 8 heteroatoms. The average Bonchev–Trinajstić information content (AvgIpc) is 2.73. The van der Waals surface area contributed by atoms with Crippen LogP contribution in [-0.2, 0) is 19.1 Å². The van der Waals surface area contributed by atoms with Crippen LogP contribution in [0, 0.1) is 5.92 Å². The van der Waals surface area contributed by atoms with E-state index in [1.165, 1.54) is 7.11 Å². The molecule has 8 nitrogen and oxygen atoms in total. The summed E-state index contributed by atoms with van der Waals surface area (Å²) in [7, 11) is 1.26. The highest BCUT2D eigenvalue weighted by atomic mass is 16.5. The first-order valence-corrected chi connectivity index (χ1v) is 8.41. The molecule has 3 N–H and O–H groups in total. The van der Waals surface area contributed by atoms with Crippen LogP contribution in [-0.4, -0.2) is 42.9 Å². The molecular formula is C18H23N3O5. The topological polar surface area (TPSA) is 114 Å². The first kappa shape index (κ1) is 19.4. The molecule has 2 rings (SSSR count). The number of carbonyl (C=O) groups is 4. The lowest BCUT2D eigenvalue weighted by Crippen LogP contribution is -2.46. The van der Waals surface area contributed by atoms with E-state index in [1.807, 2.05) is 0 Å². The molecule has 140 valence electrons. The fourth-order valence-electron chi connectivity index (χ4n) is 2.66. The molecule has 1 aromatic rings. The van der Waals surface area contributed by atoms with Gasteiger partial charge >= 0.3 is 5.97 Å². The molecule has 0 bridgehead atoms. The van der Waals surface area contributed by atoms with Gasteiger partial charge in [0.15, 0.2) is 0 Å². The van der Waals surface area contributed by atoms with Gasteiger partial charge in [0.25, 0.3) is 5.91 Å². The third-order valence-corrected chi connectivity index (χ3v) is 4.15. The lowest BCUT2D eigenvalue weighted by molar-refractivity contribution is -0.146. The Morgan fingerprint density at radius 3 is 2.58 bits per heavy atom. The highest BCUT2D eigenvalue weighted by Crippen LogP contribution is 2.19.